The summed E-state index contributed by atoms with van der Waals surface area (Å²) in [6.07, 6.45) is 2.02. The largest absolute Gasteiger partial charge is 0.282 e. The average Bonchev–Trinajstić information content (AvgIpc) is 3.07. The first-order valence-electron chi connectivity index (χ1n) is 5.08. The fourth-order valence-corrected chi connectivity index (χ4v) is 1.93. The van der Waals surface area contributed by atoms with E-state index in [1.807, 2.05) is 18.2 Å². The number of benzene rings is 1. The lowest BCUT2D eigenvalue weighted by atomic mass is 10.1. The van der Waals surface area contributed by atoms with Crippen LogP contribution in [0.1, 0.15) is 24.3 Å². The molecular formula is C12H10FNO. The van der Waals surface area contributed by atoms with Crippen molar-refractivity contribution in [2.24, 2.45) is 0 Å². The molecule has 0 radical (unpaired) electrons. The number of hydrogen-bond donors (Lipinski definition) is 0. The van der Waals surface area contributed by atoms with Gasteiger partial charge in [0.05, 0.1) is 5.52 Å². The first kappa shape index (κ1) is 8.65. The Kier molecular flexibility index (Phi) is 1.69. The summed E-state index contributed by atoms with van der Waals surface area (Å²) in [6, 6.07) is 8.85. The van der Waals surface area contributed by atoms with Crippen molar-refractivity contribution < 1.29 is 4.48 Å². The van der Waals surface area contributed by atoms with E-state index in [4.69, 9.17) is 0 Å². The molecule has 0 unspecified atom stereocenters. The molecule has 1 aromatic carbocycles. The SMILES string of the molecule is O=c1c(C2CC2)cc2ccccc2n1F. The molecule has 0 atom stereocenters. The zero-order valence-electron chi connectivity index (χ0n) is 8.11. The van der Waals surface area contributed by atoms with Crippen LogP contribution in [0.3, 0.4) is 0 Å². The van der Waals surface area contributed by atoms with Gasteiger partial charge in [0.25, 0.3) is 5.56 Å². The number of nitrogens with zero attached hydrogens (tertiary/aromatic N) is 1. The van der Waals surface area contributed by atoms with Crippen LogP contribution in [0.15, 0.2) is 35.1 Å². The second kappa shape index (κ2) is 2.92. The van der Waals surface area contributed by atoms with Crippen molar-refractivity contribution in [3.05, 3.63) is 46.2 Å². The molecule has 1 saturated carbocycles. The Bertz CT molecular complexity index is 584. The normalized spacial score (nSPS) is 15.8. The van der Waals surface area contributed by atoms with Crippen LogP contribution in [0.25, 0.3) is 10.9 Å². The van der Waals surface area contributed by atoms with Crippen molar-refractivity contribution in [1.29, 1.82) is 0 Å². The van der Waals surface area contributed by atoms with E-state index in [0.717, 1.165) is 18.2 Å². The van der Waals surface area contributed by atoms with Gasteiger partial charge in [-0.1, -0.05) is 22.7 Å². The summed E-state index contributed by atoms with van der Waals surface area (Å²) >= 11 is 0. The molecule has 0 bridgehead atoms. The van der Waals surface area contributed by atoms with Crippen LogP contribution in [-0.4, -0.2) is 4.79 Å². The fraction of sp³-hybridized carbons (Fsp3) is 0.250. The molecule has 0 spiro atoms. The minimum Gasteiger partial charge on any atom is -0.266 e. The summed E-state index contributed by atoms with van der Waals surface area (Å²) in [7, 11) is 0. The summed E-state index contributed by atoms with van der Waals surface area (Å²) in [5, 5.41) is 0.793. The van der Waals surface area contributed by atoms with Crippen LogP contribution in [0.4, 0.5) is 4.48 Å². The molecule has 15 heavy (non-hydrogen) atoms. The van der Waals surface area contributed by atoms with Gasteiger partial charge < -0.3 is 0 Å². The van der Waals surface area contributed by atoms with Gasteiger partial charge in [-0.25, -0.2) is 0 Å². The second-order valence-corrected chi connectivity index (χ2v) is 4.02. The van der Waals surface area contributed by atoms with Crippen LogP contribution >= 0.6 is 0 Å². The van der Waals surface area contributed by atoms with Crippen LogP contribution in [0.2, 0.25) is 0 Å². The lowest BCUT2D eigenvalue weighted by Crippen LogP contribution is -2.18. The number of aromatic nitrogens is 1. The quantitative estimate of drug-likeness (QED) is 0.698. The Hall–Kier alpha value is -1.64. The fourth-order valence-electron chi connectivity index (χ4n) is 1.93. The summed E-state index contributed by atoms with van der Waals surface area (Å²) in [4.78, 5) is 11.9. The van der Waals surface area contributed by atoms with E-state index in [9.17, 15) is 9.28 Å². The molecule has 3 heteroatoms. The van der Waals surface area contributed by atoms with Gasteiger partial charge in [0.1, 0.15) is 0 Å². The Labute approximate surface area is 85.9 Å². The number of pyridine rings is 1. The standard InChI is InChI=1S/C12H10FNO/c13-14-11-4-2-1-3-9(11)7-10(12(14)15)8-5-6-8/h1-4,7-8H,5-6H2. The molecule has 2 nitrogen and oxygen atoms in total. The third-order valence-corrected chi connectivity index (χ3v) is 2.90. The molecule has 1 fully saturated rings. The van der Waals surface area contributed by atoms with Gasteiger partial charge in [-0.05, 0) is 30.9 Å². The van der Waals surface area contributed by atoms with Crippen molar-refractivity contribution >= 4 is 10.9 Å². The van der Waals surface area contributed by atoms with Gasteiger partial charge in [-0.15, -0.1) is 4.79 Å². The molecule has 1 aliphatic rings. The number of halogens is 1. The topological polar surface area (TPSA) is 22.0 Å². The van der Waals surface area contributed by atoms with E-state index < -0.39 is 5.56 Å². The number of hydrogen-bond acceptors (Lipinski definition) is 1. The summed E-state index contributed by atoms with van der Waals surface area (Å²) in [5.74, 6) is 0.282. The van der Waals surface area contributed by atoms with Crippen molar-refractivity contribution in [3.8, 4) is 0 Å². The minimum absolute atomic E-state index is 0.267. The Morgan fingerprint density at radius 3 is 2.73 bits per heavy atom. The molecule has 3 rings (SSSR count). The zero-order valence-corrected chi connectivity index (χ0v) is 8.11. The summed E-state index contributed by atoms with van der Waals surface area (Å²) < 4.78 is 13.7. The molecule has 0 saturated heterocycles. The molecular weight excluding hydrogens is 193 g/mol. The first-order chi connectivity index (χ1) is 7.27. The number of para-hydroxylation sites is 1. The van der Waals surface area contributed by atoms with Crippen molar-refractivity contribution in [2.75, 3.05) is 0 Å². The third-order valence-electron chi connectivity index (χ3n) is 2.90. The molecule has 0 amide bonds. The number of fused-ring (bicyclic) bond motifs is 1. The van der Waals surface area contributed by atoms with Gasteiger partial charge in [-0.3, -0.25) is 4.79 Å². The van der Waals surface area contributed by atoms with Crippen LogP contribution in [0.5, 0.6) is 0 Å². The third kappa shape index (κ3) is 1.27. The van der Waals surface area contributed by atoms with E-state index in [1.165, 1.54) is 0 Å². The monoisotopic (exact) mass is 203 g/mol. The van der Waals surface area contributed by atoms with Crippen LogP contribution < -0.4 is 5.56 Å². The highest BCUT2D eigenvalue weighted by atomic mass is 19.2. The zero-order chi connectivity index (χ0) is 10.4. The van der Waals surface area contributed by atoms with Crippen molar-refractivity contribution in [1.82, 2.24) is 4.79 Å². The highest BCUT2D eigenvalue weighted by Gasteiger charge is 2.27. The Morgan fingerprint density at radius 1 is 1.27 bits per heavy atom. The maximum absolute atomic E-state index is 13.7. The van der Waals surface area contributed by atoms with E-state index in [0.29, 0.717) is 11.1 Å². The first-order valence-corrected chi connectivity index (χ1v) is 5.08. The van der Waals surface area contributed by atoms with Gasteiger partial charge in [0.2, 0.25) is 0 Å². The van der Waals surface area contributed by atoms with E-state index in [1.54, 1.807) is 12.1 Å². The lowest BCUT2D eigenvalue weighted by Gasteiger charge is -2.04. The van der Waals surface area contributed by atoms with E-state index >= 15 is 0 Å². The average molecular weight is 203 g/mol. The lowest BCUT2D eigenvalue weighted by molar-refractivity contribution is 0.369. The molecule has 1 aromatic heterocycles. The number of rotatable bonds is 1. The van der Waals surface area contributed by atoms with Gasteiger partial charge in [-0.2, -0.15) is 0 Å². The smallest absolute Gasteiger partial charge is 0.266 e. The summed E-state index contributed by atoms with van der Waals surface area (Å²) in [5.41, 5.74) is 0.485. The van der Waals surface area contributed by atoms with Gasteiger partial charge >= 0.3 is 0 Å². The second-order valence-electron chi connectivity index (χ2n) is 4.02. The van der Waals surface area contributed by atoms with E-state index in [2.05, 4.69) is 0 Å². The Morgan fingerprint density at radius 2 is 2.00 bits per heavy atom. The molecule has 1 heterocycles. The van der Waals surface area contributed by atoms with Crippen molar-refractivity contribution in [2.45, 2.75) is 18.8 Å². The van der Waals surface area contributed by atoms with Crippen LogP contribution in [-0.2, 0) is 0 Å². The molecule has 1 aliphatic carbocycles. The molecule has 2 aromatic rings. The van der Waals surface area contributed by atoms with E-state index in [-0.39, 0.29) is 10.7 Å². The highest BCUT2D eigenvalue weighted by Crippen LogP contribution is 2.39. The predicted molar refractivity (Wildman–Crippen MR) is 56.7 cm³/mol. The van der Waals surface area contributed by atoms with Crippen LogP contribution in [0, 0.1) is 0 Å². The predicted octanol–water partition coefficient (Wildman–Crippen LogP) is 2.61. The summed E-state index contributed by atoms with van der Waals surface area (Å²) in [6.45, 7) is 0. The van der Waals surface area contributed by atoms with Gasteiger partial charge in [0, 0.05) is 10.9 Å². The Balaban J connectivity index is 2.40. The highest BCUT2D eigenvalue weighted by molar-refractivity contribution is 5.79. The van der Waals surface area contributed by atoms with Gasteiger partial charge in [0.15, 0.2) is 0 Å². The minimum atomic E-state index is -0.490. The molecule has 76 valence electrons. The maximum Gasteiger partial charge on any atom is 0.282 e. The molecule has 0 aliphatic heterocycles. The van der Waals surface area contributed by atoms with Crippen molar-refractivity contribution in [3.63, 3.8) is 0 Å². The maximum atomic E-state index is 13.7. The molecule has 0 N–H and O–H groups in total.